The Labute approximate surface area is 117 Å². The predicted octanol–water partition coefficient (Wildman–Crippen LogP) is 3.53. The van der Waals surface area contributed by atoms with Gasteiger partial charge in [0.2, 0.25) is 0 Å². The highest BCUT2D eigenvalue weighted by atomic mass is 32.1. The van der Waals surface area contributed by atoms with Crippen molar-refractivity contribution in [1.29, 1.82) is 0 Å². The van der Waals surface area contributed by atoms with Crippen LogP contribution in [-0.4, -0.2) is 31.9 Å². The number of fused-ring (bicyclic) bond motifs is 1. The molecular weight excluding hydrogens is 260 g/mol. The van der Waals surface area contributed by atoms with Crippen molar-refractivity contribution in [2.45, 2.75) is 19.8 Å². The number of aromatic nitrogens is 1. The second-order valence-corrected chi connectivity index (χ2v) is 5.24. The van der Waals surface area contributed by atoms with Crippen LogP contribution in [0.15, 0.2) is 18.2 Å². The van der Waals surface area contributed by atoms with Gasteiger partial charge in [0.05, 0.1) is 16.8 Å². The Bertz CT molecular complexity index is 513. The highest BCUT2D eigenvalue weighted by Crippen LogP contribution is 2.29. The lowest BCUT2D eigenvalue weighted by molar-refractivity contribution is 0.194. The van der Waals surface area contributed by atoms with E-state index in [0.29, 0.717) is 6.61 Å². The van der Waals surface area contributed by atoms with Gasteiger partial charge in [-0.3, -0.25) is 0 Å². The second-order valence-electron chi connectivity index (χ2n) is 4.21. The molecule has 0 atom stereocenters. The van der Waals surface area contributed by atoms with E-state index in [0.717, 1.165) is 47.1 Å². The van der Waals surface area contributed by atoms with Crippen LogP contribution < -0.4 is 10.1 Å². The summed E-state index contributed by atoms with van der Waals surface area (Å²) in [7, 11) is 1.73. The quantitative estimate of drug-likeness (QED) is 0.751. The fraction of sp³-hybridized carbons (Fsp3) is 0.500. The maximum Gasteiger partial charge on any atom is 0.183 e. The average molecular weight is 280 g/mol. The molecule has 19 heavy (non-hydrogen) atoms. The lowest BCUT2D eigenvalue weighted by Crippen LogP contribution is -2.02. The van der Waals surface area contributed by atoms with Crippen LogP contribution in [0.25, 0.3) is 10.2 Å². The summed E-state index contributed by atoms with van der Waals surface area (Å²) in [5.41, 5.74) is 1.02. The molecule has 2 aromatic rings. The third-order valence-corrected chi connectivity index (χ3v) is 3.70. The van der Waals surface area contributed by atoms with E-state index in [1.807, 2.05) is 25.1 Å². The van der Waals surface area contributed by atoms with Crippen LogP contribution >= 0.6 is 11.3 Å². The molecule has 1 N–H and O–H groups in total. The molecule has 0 spiro atoms. The highest BCUT2D eigenvalue weighted by Gasteiger charge is 2.04. The summed E-state index contributed by atoms with van der Waals surface area (Å²) in [4.78, 5) is 4.55. The Morgan fingerprint density at radius 1 is 1.32 bits per heavy atom. The maximum atomic E-state index is 5.49. The van der Waals surface area contributed by atoms with Crippen LogP contribution in [0.2, 0.25) is 0 Å². The summed E-state index contributed by atoms with van der Waals surface area (Å²) in [5.74, 6) is 0.908. The summed E-state index contributed by atoms with van der Waals surface area (Å²) in [6, 6.07) is 6.02. The van der Waals surface area contributed by atoms with Gasteiger partial charge in [0.25, 0.3) is 0 Å². The SMILES string of the molecule is CCOc1ccc2nc(NCCCCOC)sc2c1. The van der Waals surface area contributed by atoms with Crippen molar-refractivity contribution in [2.75, 3.05) is 32.2 Å². The van der Waals surface area contributed by atoms with Gasteiger partial charge in [-0.25, -0.2) is 4.98 Å². The fourth-order valence-corrected chi connectivity index (χ4v) is 2.72. The predicted molar refractivity (Wildman–Crippen MR) is 80.4 cm³/mol. The highest BCUT2D eigenvalue weighted by molar-refractivity contribution is 7.22. The molecule has 0 unspecified atom stereocenters. The van der Waals surface area contributed by atoms with E-state index in [1.54, 1.807) is 18.4 Å². The minimum atomic E-state index is 0.689. The second kappa shape index (κ2) is 7.31. The van der Waals surface area contributed by atoms with Crippen molar-refractivity contribution >= 4 is 26.7 Å². The Morgan fingerprint density at radius 3 is 3.00 bits per heavy atom. The molecule has 104 valence electrons. The Balaban J connectivity index is 1.93. The molecule has 0 aliphatic carbocycles. The van der Waals surface area contributed by atoms with Crippen molar-refractivity contribution in [3.05, 3.63) is 18.2 Å². The zero-order valence-corrected chi connectivity index (χ0v) is 12.3. The van der Waals surface area contributed by atoms with Gasteiger partial charge in [0, 0.05) is 20.3 Å². The first-order valence-electron chi connectivity index (χ1n) is 6.59. The van der Waals surface area contributed by atoms with E-state index in [1.165, 1.54) is 0 Å². The van der Waals surface area contributed by atoms with Crippen molar-refractivity contribution in [3.8, 4) is 5.75 Å². The van der Waals surface area contributed by atoms with Crippen molar-refractivity contribution in [1.82, 2.24) is 4.98 Å². The standard InChI is InChI=1S/C14H20N2O2S/c1-3-18-11-6-7-12-13(10-11)19-14(16-12)15-8-4-5-9-17-2/h6-7,10H,3-5,8-9H2,1-2H3,(H,15,16). The van der Waals surface area contributed by atoms with Gasteiger partial charge in [-0.2, -0.15) is 0 Å². The van der Waals surface area contributed by atoms with Crippen LogP contribution in [-0.2, 0) is 4.74 Å². The lowest BCUT2D eigenvalue weighted by atomic mass is 10.3. The summed E-state index contributed by atoms with van der Waals surface area (Å²) in [6.45, 7) is 4.43. The summed E-state index contributed by atoms with van der Waals surface area (Å²) in [6.07, 6.45) is 2.16. The number of nitrogens with one attached hydrogen (secondary N) is 1. The lowest BCUT2D eigenvalue weighted by Gasteiger charge is -2.01. The molecule has 1 heterocycles. The number of methoxy groups -OCH3 is 1. The monoisotopic (exact) mass is 280 g/mol. The molecule has 0 radical (unpaired) electrons. The van der Waals surface area contributed by atoms with Crippen LogP contribution in [0.5, 0.6) is 5.75 Å². The zero-order valence-electron chi connectivity index (χ0n) is 11.4. The van der Waals surface area contributed by atoms with E-state index in [-0.39, 0.29) is 0 Å². The molecule has 5 heteroatoms. The van der Waals surface area contributed by atoms with E-state index in [4.69, 9.17) is 9.47 Å². The van der Waals surface area contributed by atoms with Crippen molar-refractivity contribution in [2.24, 2.45) is 0 Å². The van der Waals surface area contributed by atoms with E-state index < -0.39 is 0 Å². The number of rotatable bonds is 8. The Kier molecular flexibility index (Phi) is 5.42. The van der Waals surface area contributed by atoms with Gasteiger partial charge in [0.15, 0.2) is 5.13 Å². The van der Waals surface area contributed by atoms with Crippen LogP contribution in [0, 0.1) is 0 Å². The zero-order chi connectivity index (χ0) is 13.5. The van der Waals surface area contributed by atoms with Crippen molar-refractivity contribution < 1.29 is 9.47 Å². The molecule has 0 aliphatic rings. The minimum absolute atomic E-state index is 0.689. The van der Waals surface area contributed by atoms with E-state index >= 15 is 0 Å². The normalized spacial score (nSPS) is 10.8. The molecule has 0 amide bonds. The van der Waals surface area contributed by atoms with Gasteiger partial charge >= 0.3 is 0 Å². The number of hydrogen-bond donors (Lipinski definition) is 1. The first-order valence-corrected chi connectivity index (χ1v) is 7.41. The third kappa shape index (κ3) is 4.08. The van der Waals surface area contributed by atoms with E-state index in [2.05, 4.69) is 10.3 Å². The molecule has 0 saturated carbocycles. The molecular formula is C14H20N2O2S. The first-order chi connectivity index (χ1) is 9.33. The smallest absolute Gasteiger partial charge is 0.183 e. The number of ether oxygens (including phenoxy) is 2. The summed E-state index contributed by atoms with van der Waals surface area (Å²) in [5, 5.41) is 4.33. The molecule has 2 rings (SSSR count). The largest absolute Gasteiger partial charge is 0.494 e. The van der Waals surface area contributed by atoms with Gasteiger partial charge < -0.3 is 14.8 Å². The number of anilines is 1. The van der Waals surface area contributed by atoms with Crippen LogP contribution in [0.3, 0.4) is 0 Å². The summed E-state index contributed by atoms with van der Waals surface area (Å²) >= 11 is 1.67. The number of unbranched alkanes of at least 4 members (excludes halogenated alkanes) is 1. The molecule has 0 saturated heterocycles. The van der Waals surface area contributed by atoms with Gasteiger partial charge in [0.1, 0.15) is 5.75 Å². The number of nitrogens with zero attached hydrogens (tertiary/aromatic N) is 1. The number of benzene rings is 1. The van der Waals surface area contributed by atoms with Crippen molar-refractivity contribution in [3.63, 3.8) is 0 Å². The Hall–Kier alpha value is -1.33. The number of hydrogen-bond acceptors (Lipinski definition) is 5. The summed E-state index contributed by atoms with van der Waals surface area (Å²) < 4.78 is 11.7. The fourth-order valence-electron chi connectivity index (χ4n) is 1.80. The molecule has 1 aromatic heterocycles. The van der Waals surface area contributed by atoms with Gasteiger partial charge in [-0.15, -0.1) is 0 Å². The topological polar surface area (TPSA) is 43.4 Å². The molecule has 0 bridgehead atoms. The van der Waals surface area contributed by atoms with Crippen LogP contribution in [0.4, 0.5) is 5.13 Å². The molecule has 4 nitrogen and oxygen atoms in total. The van der Waals surface area contributed by atoms with Gasteiger partial charge in [-0.1, -0.05) is 11.3 Å². The number of thiazole rings is 1. The van der Waals surface area contributed by atoms with Crippen LogP contribution in [0.1, 0.15) is 19.8 Å². The molecule has 1 aromatic carbocycles. The maximum absolute atomic E-state index is 5.49. The molecule has 0 aliphatic heterocycles. The Morgan fingerprint density at radius 2 is 2.21 bits per heavy atom. The first kappa shape index (κ1) is 14.1. The average Bonchev–Trinajstić information content (AvgIpc) is 2.81. The minimum Gasteiger partial charge on any atom is -0.494 e. The third-order valence-electron chi connectivity index (χ3n) is 2.72. The van der Waals surface area contributed by atoms with Gasteiger partial charge in [-0.05, 0) is 38.0 Å². The molecule has 0 fully saturated rings. The van der Waals surface area contributed by atoms with E-state index in [9.17, 15) is 0 Å².